The Labute approximate surface area is 262 Å². The summed E-state index contributed by atoms with van der Waals surface area (Å²) in [5, 5.41) is -0.775. The van der Waals surface area contributed by atoms with E-state index in [1.807, 2.05) is 0 Å². The Morgan fingerprint density at radius 1 is 0.550 bits per heavy atom. The second-order valence-corrected chi connectivity index (χ2v) is 8.80. The maximum atomic E-state index is 9.74. The Kier molecular flexibility index (Phi) is 1.93. The third-order valence-electron chi connectivity index (χ3n) is 6.67. The molecule has 0 radical (unpaired) electrons. The zero-order valence-corrected chi connectivity index (χ0v) is 19.8. The van der Waals surface area contributed by atoms with Gasteiger partial charge in [0.2, 0.25) is 0 Å². The van der Waals surface area contributed by atoms with E-state index >= 15 is 0 Å². The van der Waals surface area contributed by atoms with Gasteiger partial charge in [-0.3, -0.25) is 0 Å². The minimum Gasteiger partial charge on any atom is -0.551 e. The number of para-hydroxylation sites is 3. The number of hydrogen-bond donors (Lipinski definition) is 0. The molecule has 0 atom stereocenters. The van der Waals surface area contributed by atoms with Crippen LogP contribution in [0.25, 0.3) is 49.7 Å². The number of aromatic nitrogens is 1. The molecule has 0 bridgehead atoms. The highest BCUT2D eigenvalue weighted by atomic mass is 16.5. The molecule has 0 unspecified atom stereocenters. The summed E-state index contributed by atoms with van der Waals surface area (Å²) in [6.07, 6.45) is 0. The molecule has 1 aromatic heterocycles. The maximum absolute atomic E-state index is 9.74. The van der Waals surface area contributed by atoms with Gasteiger partial charge in [-0.25, -0.2) is 0 Å². The number of rotatable bonds is 2. The van der Waals surface area contributed by atoms with Gasteiger partial charge in [0, 0.05) is 32.9 Å². The van der Waals surface area contributed by atoms with Crippen LogP contribution in [-0.4, -0.2) is 11.5 Å². The molecule has 0 aliphatic carbocycles. The van der Waals surface area contributed by atoms with E-state index in [2.05, 4.69) is 0 Å². The Bertz CT molecular complexity index is 3240. The predicted molar refractivity (Wildman–Crippen MR) is 164 cm³/mol. The molecule has 4 heteroatoms. The highest BCUT2D eigenvalue weighted by Gasteiger charge is 2.41. The summed E-state index contributed by atoms with van der Waals surface area (Å²) in [4.78, 5) is 0. The van der Waals surface area contributed by atoms with E-state index in [-0.39, 0.29) is 16.2 Å². The summed E-state index contributed by atoms with van der Waals surface area (Å²) in [5.74, 6) is -1.80. The van der Waals surface area contributed by atoms with E-state index in [1.54, 1.807) is 0 Å². The van der Waals surface area contributed by atoms with Gasteiger partial charge in [-0.2, -0.15) is 0 Å². The average Bonchev–Trinajstić information content (AvgIpc) is 3.60. The van der Waals surface area contributed by atoms with Crippen molar-refractivity contribution >= 4 is 39.6 Å². The molecule has 7 aromatic rings. The normalized spacial score (nSPS) is 20.6. The summed E-state index contributed by atoms with van der Waals surface area (Å²) < 4.78 is 207. The van der Waals surface area contributed by atoms with Gasteiger partial charge >= 0.3 is 6.92 Å². The Morgan fingerprint density at radius 3 is 2.05 bits per heavy atom. The summed E-state index contributed by atoms with van der Waals surface area (Å²) >= 11 is 0. The highest BCUT2D eigenvalue weighted by molar-refractivity contribution is 6.84. The maximum Gasteiger partial charge on any atom is 0.434 e. The summed E-state index contributed by atoms with van der Waals surface area (Å²) in [6, 6.07) is -17.3. The van der Waals surface area contributed by atoms with Crippen molar-refractivity contribution in [2.24, 2.45) is 0 Å². The first-order valence-corrected chi connectivity index (χ1v) is 11.8. The monoisotopic (exact) mass is 533 g/mol. The lowest BCUT2D eigenvalue weighted by Crippen LogP contribution is -2.53. The lowest BCUT2D eigenvalue weighted by Gasteiger charge is -2.33. The number of fused-ring (bicyclic) bond motifs is 7. The van der Waals surface area contributed by atoms with Crippen LogP contribution in [0.15, 0.2) is 133 Å². The van der Waals surface area contributed by atoms with Crippen molar-refractivity contribution in [1.29, 1.82) is 0 Å². The second kappa shape index (κ2) is 8.14. The quantitative estimate of drug-likeness (QED) is 0.213. The van der Waals surface area contributed by atoms with E-state index in [0.717, 1.165) is 4.57 Å². The van der Waals surface area contributed by atoms with Crippen LogP contribution < -0.4 is 20.3 Å². The molecule has 0 N–H and O–H groups in total. The Morgan fingerprint density at radius 2 is 1.25 bits per heavy atom. The van der Waals surface area contributed by atoms with Crippen LogP contribution in [0.4, 0.5) is 0 Å². The van der Waals surface area contributed by atoms with Crippen molar-refractivity contribution in [3.63, 3.8) is 0 Å². The van der Waals surface area contributed by atoms with Gasteiger partial charge in [-0.1, -0.05) is 84.6 Å². The Hall–Kier alpha value is -5.22. The van der Waals surface area contributed by atoms with Crippen LogP contribution in [0.1, 0.15) is 30.2 Å². The number of hydrogen-bond acceptors (Lipinski definition) is 2. The summed E-state index contributed by atoms with van der Waals surface area (Å²) in [7, 11) is 0. The average molecular weight is 534 g/mol. The molecular weight excluding hydrogens is 489 g/mol. The smallest absolute Gasteiger partial charge is 0.434 e. The molecule has 0 saturated carbocycles. The molecule has 0 saturated heterocycles. The van der Waals surface area contributed by atoms with Crippen molar-refractivity contribution < 1.29 is 39.5 Å². The fraction of sp³-hybridized carbons (Fsp3) is 0. The first-order valence-electron chi connectivity index (χ1n) is 22.8. The Balaban J connectivity index is 1.47. The van der Waals surface area contributed by atoms with E-state index in [4.69, 9.17) is 32.7 Å². The molecule has 186 valence electrons. The van der Waals surface area contributed by atoms with Crippen molar-refractivity contribution in [3.8, 4) is 45.2 Å². The topological polar surface area (TPSA) is 23.4 Å². The molecule has 0 spiro atoms. The van der Waals surface area contributed by atoms with E-state index in [0.29, 0.717) is 0 Å². The highest BCUT2D eigenvalue weighted by Crippen LogP contribution is 2.42. The molecule has 3 heterocycles. The van der Waals surface area contributed by atoms with Crippen LogP contribution in [0, 0.1) is 0 Å². The van der Waals surface area contributed by atoms with Crippen LogP contribution in [-0.2, 0) is 0 Å². The zero-order chi connectivity index (χ0) is 45.4. The van der Waals surface area contributed by atoms with Crippen molar-refractivity contribution in [1.82, 2.24) is 4.57 Å². The molecule has 0 amide bonds. The van der Waals surface area contributed by atoms with E-state index in [1.165, 1.54) is 0 Å². The summed E-state index contributed by atoms with van der Waals surface area (Å²) in [5.41, 5.74) is -4.50. The van der Waals surface area contributed by atoms with Gasteiger partial charge in [0.15, 0.2) is 0 Å². The van der Waals surface area contributed by atoms with Gasteiger partial charge in [0.05, 0.1) is 41.2 Å². The van der Waals surface area contributed by atoms with Gasteiger partial charge in [0.25, 0.3) is 0 Å². The van der Waals surface area contributed by atoms with Gasteiger partial charge in [0.1, 0.15) is 17.2 Å². The van der Waals surface area contributed by atoms with Gasteiger partial charge < -0.3 is 14.0 Å². The number of benzene rings is 6. The fourth-order valence-corrected chi connectivity index (χ4v) is 5.01. The first kappa shape index (κ1) is 9.46. The lowest BCUT2D eigenvalue weighted by molar-refractivity contribution is 0.479. The number of nitrogens with zero attached hydrogens (tertiary/aromatic N) is 1. The number of ether oxygens (including phenoxy) is 1. The van der Waals surface area contributed by atoms with E-state index in [9.17, 15) is 6.85 Å². The first-order chi connectivity index (χ1) is 29.0. The standard InChI is InChI=1S/C36H22BNO2/c1-2-10-23(11-3-1)24-20-29-28-14-6-9-17-33(28)40-37-30-22-25(18-19-34(30)39-35(21-24)36(29)37)38-31-15-7-4-12-26(31)27-13-5-8-16-32(27)38/h1-22H/i1D,2D,3D,4D,5D,6D,7D,8D,9D,10D,11D,12D,13D,14D,15D,16D,17D,18D,19D,20D,21D,22D. The molecular formula is C36H22BNO2. The molecule has 2 aliphatic rings. The molecule has 9 rings (SSSR count). The minimum atomic E-state index is -1.83. The molecule has 3 nitrogen and oxygen atoms in total. The van der Waals surface area contributed by atoms with E-state index < -0.39 is 202 Å². The molecule has 2 aliphatic heterocycles. The zero-order valence-electron chi connectivity index (χ0n) is 41.8. The lowest BCUT2D eigenvalue weighted by atomic mass is 9.50. The van der Waals surface area contributed by atoms with Crippen molar-refractivity contribution in [2.75, 3.05) is 0 Å². The molecule has 40 heavy (non-hydrogen) atoms. The third kappa shape index (κ3) is 3.02. The van der Waals surface area contributed by atoms with Crippen molar-refractivity contribution in [3.05, 3.63) is 133 Å². The van der Waals surface area contributed by atoms with Gasteiger partial charge in [-0.15, -0.1) is 0 Å². The predicted octanol–water partition coefficient (Wildman–Crippen LogP) is 7.72. The molecule has 6 aromatic carbocycles. The largest absolute Gasteiger partial charge is 0.551 e. The van der Waals surface area contributed by atoms with Gasteiger partial charge in [-0.05, 0) is 65.0 Å². The summed E-state index contributed by atoms with van der Waals surface area (Å²) in [6.45, 7) is -1.83. The van der Waals surface area contributed by atoms with Crippen LogP contribution in [0.5, 0.6) is 17.2 Å². The second-order valence-electron chi connectivity index (χ2n) is 8.80. The minimum absolute atomic E-state index is 0.316. The fourth-order valence-electron chi connectivity index (χ4n) is 5.01. The van der Waals surface area contributed by atoms with Crippen LogP contribution in [0.3, 0.4) is 0 Å². The van der Waals surface area contributed by atoms with Crippen molar-refractivity contribution in [2.45, 2.75) is 0 Å². The van der Waals surface area contributed by atoms with Crippen LogP contribution >= 0.6 is 0 Å². The molecule has 0 fully saturated rings. The van der Waals surface area contributed by atoms with Crippen LogP contribution in [0.2, 0.25) is 0 Å². The third-order valence-corrected chi connectivity index (χ3v) is 6.67. The SMILES string of the molecule is [2H]c1c([2H])c([2H])c(-c2c([2H])c3c4c(c2[2H])-c2c([2H])c([2H])c([2H])c([2H])c2OB4c2c([2H])c(-n4c5c([2H])c([2H])c([2H])c([2H])c5c5c([2H])c([2H])c([2H])c([2H])c54)c([2H])c([2H])c2O3)c([2H])c1[2H].